The van der Waals surface area contributed by atoms with E-state index in [0.717, 1.165) is 11.3 Å². The second-order valence-electron chi connectivity index (χ2n) is 4.39. The maximum atomic E-state index is 11.0. The molecule has 0 aliphatic heterocycles. The molecular weight excluding hydrogens is 272 g/mol. The van der Waals surface area contributed by atoms with Gasteiger partial charge in [-0.25, -0.2) is 0 Å². The minimum Gasteiger partial charge on any atom is -0.385 e. The van der Waals surface area contributed by atoms with Gasteiger partial charge in [0.1, 0.15) is 5.69 Å². The number of aromatic nitrogens is 1. The second kappa shape index (κ2) is 6.47. The molecular formula is C14H14N4O3. The van der Waals surface area contributed by atoms with E-state index in [1.807, 2.05) is 0 Å². The number of amides is 1. The highest BCUT2D eigenvalue weighted by Gasteiger charge is 2.04. The van der Waals surface area contributed by atoms with E-state index in [-0.39, 0.29) is 11.4 Å². The van der Waals surface area contributed by atoms with E-state index in [2.05, 4.69) is 10.3 Å². The van der Waals surface area contributed by atoms with Crippen LogP contribution in [0, 0.1) is 10.1 Å². The van der Waals surface area contributed by atoms with Gasteiger partial charge in [0, 0.05) is 30.6 Å². The first-order valence-electron chi connectivity index (χ1n) is 6.29. The highest BCUT2D eigenvalue weighted by molar-refractivity contribution is 5.91. The molecule has 0 radical (unpaired) electrons. The topological polar surface area (TPSA) is 111 Å². The molecule has 1 amide bonds. The Morgan fingerprint density at radius 1 is 1.29 bits per heavy atom. The molecule has 2 aromatic rings. The third-order valence-corrected chi connectivity index (χ3v) is 2.90. The number of rotatable bonds is 6. The van der Waals surface area contributed by atoms with Crippen molar-refractivity contribution in [3.05, 3.63) is 64.0 Å². The summed E-state index contributed by atoms with van der Waals surface area (Å²) in [6.07, 6.45) is 2.21. The Morgan fingerprint density at radius 3 is 2.62 bits per heavy atom. The number of hydrogen-bond acceptors (Lipinski definition) is 5. The summed E-state index contributed by atoms with van der Waals surface area (Å²) in [5.74, 6) is -0.575. The molecule has 7 heteroatoms. The van der Waals surface area contributed by atoms with Gasteiger partial charge in [-0.3, -0.25) is 19.9 Å². The Kier molecular flexibility index (Phi) is 4.45. The van der Waals surface area contributed by atoms with Gasteiger partial charge in [0.15, 0.2) is 0 Å². The third-order valence-electron chi connectivity index (χ3n) is 2.90. The molecule has 1 aromatic carbocycles. The highest BCUT2D eigenvalue weighted by Crippen LogP contribution is 2.13. The van der Waals surface area contributed by atoms with Gasteiger partial charge in [-0.2, -0.15) is 0 Å². The number of carbonyl (C=O) groups excluding carboxylic acids is 1. The van der Waals surface area contributed by atoms with Crippen LogP contribution in [0.3, 0.4) is 0 Å². The standard InChI is InChI=1S/C14H14N4O3/c15-14(19)13-9-11(6-8-17-13)16-7-5-10-1-3-12(4-2-10)18(20)21/h1-4,6,8-9H,5,7H2,(H2,15,19)(H,16,17). The summed E-state index contributed by atoms with van der Waals surface area (Å²) in [5, 5.41) is 13.7. The number of nitro groups is 1. The van der Waals surface area contributed by atoms with E-state index in [1.165, 1.54) is 18.3 Å². The van der Waals surface area contributed by atoms with Gasteiger partial charge in [-0.1, -0.05) is 12.1 Å². The summed E-state index contributed by atoms with van der Waals surface area (Å²) in [5.41, 5.74) is 7.17. The fraction of sp³-hybridized carbons (Fsp3) is 0.143. The summed E-state index contributed by atoms with van der Waals surface area (Å²) in [4.78, 5) is 25.0. The minimum atomic E-state index is -0.575. The highest BCUT2D eigenvalue weighted by atomic mass is 16.6. The van der Waals surface area contributed by atoms with Crippen molar-refractivity contribution in [2.45, 2.75) is 6.42 Å². The smallest absolute Gasteiger partial charge is 0.269 e. The van der Waals surface area contributed by atoms with Crippen molar-refractivity contribution in [1.82, 2.24) is 4.98 Å². The second-order valence-corrected chi connectivity index (χ2v) is 4.39. The van der Waals surface area contributed by atoms with Crippen molar-refractivity contribution >= 4 is 17.3 Å². The van der Waals surface area contributed by atoms with Gasteiger partial charge in [-0.15, -0.1) is 0 Å². The number of hydrogen-bond donors (Lipinski definition) is 2. The van der Waals surface area contributed by atoms with Crippen molar-refractivity contribution in [2.75, 3.05) is 11.9 Å². The van der Waals surface area contributed by atoms with Crippen molar-refractivity contribution in [2.24, 2.45) is 5.73 Å². The molecule has 108 valence electrons. The van der Waals surface area contributed by atoms with Gasteiger partial charge < -0.3 is 11.1 Å². The Balaban J connectivity index is 1.90. The maximum absolute atomic E-state index is 11.0. The van der Waals surface area contributed by atoms with Crippen LogP contribution in [0.25, 0.3) is 0 Å². The molecule has 0 saturated carbocycles. The van der Waals surface area contributed by atoms with Gasteiger partial charge >= 0.3 is 0 Å². The van der Waals surface area contributed by atoms with Gasteiger partial charge in [0.2, 0.25) is 0 Å². The zero-order chi connectivity index (χ0) is 15.2. The lowest BCUT2D eigenvalue weighted by Gasteiger charge is -2.07. The lowest BCUT2D eigenvalue weighted by atomic mass is 10.1. The van der Waals surface area contributed by atoms with Gasteiger partial charge in [0.05, 0.1) is 4.92 Å². The zero-order valence-electron chi connectivity index (χ0n) is 11.2. The number of nitrogens with two attached hydrogens (primary N) is 1. The summed E-state index contributed by atoms with van der Waals surface area (Å²) >= 11 is 0. The number of nitro benzene ring substituents is 1. The Morgan fingerprint density at radius 2 is 2.00 bits per heavy atom. The largest absolute Gasteiger partial charge is 0.385 e. The normalized spacial score (nSPS) is 10.1. The monoisotopic (exact) mass is 286 g/mol. The molecule has 0 saturated heterocycles. The van der Waals surface area contributed by atoms with E-state index in [0.29, 0.717) is 13.0 Å². The molecule has 1 aromatic heterocycles. The van der Waals surface area contributed by atoms with E-state index >= 15 is 0 Å². The average molecular weight is 286 g/mol. The summed E-state index contributed by atoms with van der Waals surface area (Å²) in [6, 6.07) is 9.72. The molecule has 0 fully saturated rings. The molecule has 3 N–H and O–H groups in total. The molecule has 0 bridgehead atoms. The van der Waals surface area contributed by atoms with Crippen LogP contribution in [0.5, 0.6) is 0 Å². The van der Waals surface area contributed by atoms with Crippen molar-refractivity contribution < 1.29 is 9.72 Å². The summed E-state index contributed by atoms with van der Waals surface area (Å²) in [6.45, 7) is 0.625. The van der Waals surface area contributed by atoms with Gasteiger partial charge in [-0.05, 0) is 24.1 Å². The Bertz CT molecular complexity index is 656. The van der Waals surface area contributed by atoms with Crippen LogP contribution in [0.2, 0.25) is 0 Å². The van der Waals surface area contributed by atoms with Crippen molar-refractivity contribution in [3.63, 3.8) is 0 Å². The van der Waals surface area contributed by atoms with E-state index < -0.39 is 10.8 Å². The molecule has 0 spiro atoms. The number of primary amides is 1. The lowest BCUT2D eigenvalue weighted by molar-refractivity contribution is -0.384. The number of benzene rings is 1. The number of pyridine rings is 1. The predicted molar refractivity (Wildman–Crippen MR) is 78.0 cm³/mol. The molecule has 2 rings (SSSR count). The fourth-order valence-electron chi connectivity index (χ4n) is 1.81. The molecule has 1 heterocycles. The van der Waals surface area contributed by atoms with E-state index in [9.17, 15) is 14.9 Å². The number of anilines is 1. The molecule has 0 atom stereocenters. The molecule has 0 aliphatic carbocycles. The first kappa shape index (κ1) is 14.4. The van der Waals surface area contributed by atoms with Crippen LogP contribution >= 0.6 is 0 Å². The SMILES string of the molecule is NC(=O)c1cc(NCCc2ccc([N+](=O)[O-])cc2)ccn1. The zero-order valence-corrected chi connectivity index (χ0v) is 11.2. The van der Waals surface area contributed by atoms with Crippen LogP contribution < -0.4 is 11.1 Å². The van der Waals surface area contributed by atoms with Gasteiger partial charge in [0.25, 0.3) is 11.6 Å². The Labute approximate surface area is 121 Å². The van der Waals surface area contributed by atoms with Crippen molar-refractivity contribution in [3.8, 4) is 0 Å². The number of nitrogens with zero attached hydrogens (tertiary/aromatic N) is 2. The Hall–Kier alpha value is -2.96. The van der Waals surface area contributed by atoms with Crippen LogP contribution in [0.4, 0.5) is 11.4 Å². The average Bonchev–Trinajstić information content (AvgIpc) is 2.48. The number of nitrogens with one attached hydrogen (secondary N) is 1. The van der Waals surface area contributed by atoms with Crippen molar-refractivity contribution in [1.29, 1.82) is 0 Å². The predicted octanol–water partition coefficient (Wildman–Crippen LogP) is 1.74. The minimum absolute atomic E-state index is 0.0759. The van der Waals surface area contributed by atoms with E-state index in [4.69, 9.17) is 5.73 Å². The molecule has 0 aliphatic rings. The molecule has 0 unspecified atom stereocenters. The maximum Gasteiger partial charge on any atom is 0.269 e. The van der Waals surface area contributed by atoms with Crippen LogP contribution in [-0.4, -0.2) is 22.4 Å². The quantitative estimate of drug-likeness (QED) is 0.620. The number of non-ortho nitro benzene ring substituents is 1. The molecule has 7 nitrogen and oxygen atoms in total. The lowest BCUT2D eigenvalue weighted by Crippen LogP contribution is -2.13. The number of carbonyl (C=O) groups is 1. The summed E-state index contributed by atoms with van der Waals surface area (Å²) < 4.78 is 0. The van der Waals surface area contributed by atoms with Crippen LogP contribution in [0.15, 0.2) is 42.6 Å². The molecule has 21 heavy (non-hydrogen) atoms. The first-order valence-corrected chi connectivity index (χ1v) is 6.29. The fourth-order valence-corrected chi connectivity index (χ4v) is 1.81. The van der Waals surface area contributed by atoms with Crippen LogP contribution in [0.1, 0.15) is 16.1 Å². The van der Waals surface area contributed by atoms with Crippen LogP contribution in [-0.2, 0) is 6.42 Å². The summed E-state index contributed by atoms with van der Waals surface area (Å²) in [7, 11) is 0. The first-order chi connectivity index (χ1) is 10.1. The van der Waals surface area contributed by atoms with E-state index in [1.54, 1.807) is 24.3 Å². The third kappa shape index (κ3) is 4.00.